The number of ketones is 1. The second kappa shape index (κ2) is 6.95. The lowest BCUT2D eigenvalue weighted by Crippen LogP contribution is -2.44. The van der Waals surface area contributed by atoms with E-state index in [2.05, 4.69) is 0 Å². The molecular weight excluding hydrogens is 278 g/mol. The minimum absolute atomic E-state index is 0.0766. The molecule has 0 aromatic heterocycles. The SMILES string of the molecule is CC(C)(C)OC(=O)N(Cc1ccccc1)C1CCC(=O)CC1. The first-order valence-corrected chi connectivity index (χ1v) is 7.90. The molecule has 1 saturated carbocycles. The summed E-state index contributed by atoms with van der Waals surface area (Å²) in [6, 6.07) is 9.98. The summed E-state index contributed by atoms with van der Waals surface area (Å²) < 4.78 is 5.55. The molecule has 0 saturated heterocycles. The third kappa shape index (κ3) is 4.86. The van der Waals surface area contributed by atoms with E-state index < -0.39 is 5.60 Å². The lowest BCUT2D eigenvalue weighted by molar-refractivity contribution is -0.121. The number of rotatable bonds is 3. The molecule has 0 N–H and O–H groups in total. The van der Waals surface area contributed by atoms with Crippen molar-refractivity contribution in [2.75, 3.05) is 0 Å². The summed E-state index contributed by atoms with van der Waals surface area (Å²) in [7, 11) is 0. The molecule has 2 rings (SSSR count). The number of benzene rings is 1. The maximum Gasteiger partial charge on any atom is 0.410 e. The van der Waals surface area contributed by atoms with Crippen molar-refractivity contribution in [2.24, 2.45) is 0 Å². The van der Waals surface area contributed by atoms with E-state index in [9.17, 15) is 9.59 Å². The van der Waals surface area contributed by atoms with Gasteiger partial charge in [0.1, 0.15) is 11.4 Å². The Morgan fingerprint density at radius 1 is 1.18 bits per heavy atom. The molecule has 0 unspecified atom stereocenters. The van der Waals surface area contributed by atoms with E-state index in [0.29, 0.717) is 25.2 Å². The normalized spacial score (nSPS) is 16.4. The lowest BCUT2D eigenvalue weighted by atomic mass is 9.93. The molecule has 1 aliphatic rings. The van der Waals surface area contributed by atoms with Gasteiger partial charge < -0.3 is 9.64 Å². The van der Waals surface area contributed by atoms with Gasteiger partial charge in [-0.2, -0.15) is 0 Å². The number of hydrogen-bond acceptors (Lipinski definition) is 3. The highest BCUT2D eigenvalue weighted by Crippen LogP contribution is 2.24. The predicted molar refractivity (Wildman–Crippen MR) is 85.5 cm³/mol. The zero-order valence-corrected chi connectivity index (χ0v) is 13.7. The monoisotopic (exact) mass is 303 g/mol. The van der Waals surface area contributed by atoms with E-state index in [1.54, 1.807) is 4.90 Å². The van der Waals surface area contributed by atoms with Crippen LogP contribution in [-0.4, -0.2) is 28.4 Å². The highest BCUT2D eigenvalue weighted by Gasteiger charge is 2.31. The zero-order valence-electron chi connectivity index (χ0n) is 13.7. The quantitative estimate of drug-likeness (QED) is 0.850. The Bertz CT molecular complexity index is 509. The fraction of sp³-hybridized carbons (Fsp3) is 0.556. The highest BCUT2D eigenvalue weighted by molar-refractivity contribution is 5.79. The number of Topliss-reactive ketones (excluding diaryl/α,β-unsaturated/α-hetero) is 1. The van der Waals surface area contributed by atoms with Crippen LogP contribution in [0, 0.1) is 0 Å². The summed E-state index contributed by atoms with van der Waals surface area (Å²) >= 11 is 0. The van der Waals surface area contributed by atoms with Gasteiger partial charge in [0.05, 0.1) is 0 Å². The van der Waals surface area contributed by atoms with Gasteiger partial charge in [-0.15, -0.1) is 0 Å². The van der Waals surface area contributed by atoms with Crippen molar-refractivity contribution >= 4 is 11.9 Å². The lowest BCUT2D eigenvalue weighted by Gasteiger charge is -2.35. The second-order valence-electron chi connectivity index (χ2n) is 6.86. The molecule has 1 aromatic carbocycles. The van der Waals surface area contributed by atoms with E-state index >= 15 is 0 Å². The average Bonchev–Trinajstić information content (AvgIpc) is 2.45. The fourth-order valence-corrected chi connectivity index (χ4v) is 2.68. The number of carbonyl (C=O) groups excluding carboxylic acids is 2. The van der Waals surface area contributed by atoms with Gasteiger partial charge in [-0.1, -0.05) is 30.3 Å². The Morgan fingerprint density at radius 3 is 2.32 bits per heavy atom. The molecule has 4 heteroatoms. The van der Waals surface area contributed by atoms with E-state index in [0.717, 1.165) is 18.4 Å². The predicted octanol–water partition coefficient (Wildman–Crippen LogP) is 3.94. The van der Waals surface area contributed by atoms with Gasteiger partial charge in [-0.05, 0) is 39.2 Å². The van der Waals surface area contributed by atoms with Crippen molar-refractivity contribution in [1.29, 1.82) is 0 Å². The van der Waals surface area contributed by atoms with Gasteiger partial charge in [0, 0.05) is 25.4 Å². The van der Waals surface area contributed by atoms with Crippen molar-refractivity contribution < 1.29 is 14.3 Å². The van der Waals surface area contributed by atoms with Crippen LogP contribution in [-0.2, 0) is 16.1 Å². The summed E-state index contributed by atoms with van der Waals surface area (Å²) in [5.74, 6) is 0.292. The molecule has 1 aliphatic carbocycles. The first kappa shape index (κ1) is 16.5. The highest BCUT2D eigenvalue weighted by atomic mass is 16.6. The second-order valence-corrected chi connectivity index (χ2v) is 6.86. The Kier molecular flexibility index (Phi) is 5.22. The van der Waals surface area contributed by atoms with Crippen LogP contribution < -0.4 is 0 Å². The molecule has 1 fully saturated rings. The third-order valence-corrected chi connectivity index (χ3v) is 3.78. The van der Waals surface area contributed by atoms with E-state index in [1.165, 1.54) is 0 Å². The maximum absolute atomic E-state index is 12.6. The first-order valence-electron chi connectivity index (χ1n) is 7.90. The van der Waals surface area contributed by atoms with Crippen LogP contribution in [0.4, 0.5) is 4.79 Å². The molecule has 0 atom stereocenters. The van der Waals surface area contributed by atoms with E-state index in [-0.39, 0.29) is 12.1 Å². The number of carbonyl (C=O) groups is 2. The van der Waals surface area contributed by atoms with Gasteiger partial charge >= 0.3 is 6.09 Å². The molecule has 4 nitrogen and oxygen atoms in total. The van der Waals surface area contributed by atoms with Crippen molar-refractivity contribution in [3.63, 3.8) is 0 Å². The van der Waals surface area contributed by atoms with Crippen LogP contribution in [0.5, 0.6) is 0 Å². The Labute approximate surface area is 132 Å². The molecule has 0 bridgehead atoms. The van der Waals surface area contributed by atoms with Crippen LogP contribution in [0.25, 0.3) is 0 Å². The summed E-state index contributed by atoms with van der Waals surface area (Å²) in [5, 5.41) is 0. The molecule has 22 heavy (non-hydrogen) atoms. The van der Waals surface area contributed by atoms with Gasteiger partial charge in [-0.25, -0.2) is 4.79 Å². The molecule has 0 radical (unpaired) electrons. The summed E-state index contributed by atoms with van der Waals surface area (Å²) in [5.41, 5.74) is 0.557. The Balaban J connectivity index is 2.13. The van der Waals surface area contributed by atoms with Crippen LogP contribution in [0.15, 0.2) is 30.3 Å². The molecule has 120 valence electrons. The number of ether oxygens (including phenoxy) is 1. The van der Waals surface area contributed by atoms with Gasteiger partial charge in [0.25, 0.3) is 0 Å². The van der Waals surface area contributed by atoms with Crippen LogP contribution in [0.3, 0.4) is 0 Å². The first-order chi connectivity index (χ1) is 10.3. The largest absolute Gasteiger partial charge is 0.444 e. The molecule has 1 amide bonds. The number of nitrogens with zero attached hydrogens (tertiary/aromatic N) is 1. The minimum Gasteiger partial charge on any atom is -0.444 e. The van der Waals surface area contributed by atoms with E-state index in [1.807, 2.05) is 51.1 Å². The standard InChI is InChI=1S/C18H25NO3/c1-18(2,3)22-17(21)19(13-14-7-5-4-6-8-14)15-9-11-16(20)12-10-15/h4-8,15H,9-13H2,1-3H3. The summed E-state index contributed by atoms with van der Waals surface area (Å²) in [6.07, 6.45) is 2.27. The van der Waals surface area contributed by atoms with Crippen molar-refractivity contribution in [1.82, 2.24) is 4.90 Å². The molecular formula is C18H25NO3. The van der Waals surface area contributed by atoms with Gasteiger partial charge in [-0.3, -0.25) is 4.79 Å². The molecule has 0 heterocycles. The molecule has 1 aromatic rings. The fourth-order valence-electron chi connectivity index (χ4n) is 2.68. The van der Waals surface area contributed by atoms with Crippen molar-refractivity contribution in [3.05, 3.63) is 35.9 Å². The van der Waals surface area contributed by atoms with Crippen LogP contribution in [0.2, 0.25) is 0 Å². The zero-order chi connectivity index (χ0) is 16.2. The minimum atomic E-state index is -0.517. The summed E-state index contributed by atoms with van der Waals surface area (Å²) in [6.45, 7) is 6.14. The van der Waals surface area contributed by atoms with E-state index in [4.69, 9.17) is 4.74 Å². The van der Waals surface area contributed by atoms with Crippen LogP contribution in [0.1, 0.15) is 52.0 Å². The number of hydrogen-bond donors (Lipinski definition) is 0. The molecule has 0 aliphatic heterocycles. The van der Waals surface area contributed by atoms with Crippen LogP contribution >= 0.6 is 0 Å². The van der Waals surface area contributed by atoms with Crippen molar-refractivity contribution in [3.8, 4) is 0 Å². The Morgan fingerprint density at radius 2 is 1.77 bits per heavy atom. The van der Waals surface area contributed by atoms with Crippen molar-refractivity contribution in [2.45, 2.75) is 64.6 Å². The Hall–Kier alpha value is -1.84. The van der Waals surface area contributed by atoms with Gasteiger partial charge in [0.15, 0.2) is 0 Å². The smallest absolute Gasteiger partial charge is 0.410 e. The number of amides is 1. The van der Waals surface area contributed by atoms with Gasteiger partial charge in [0.2, 0.25) is 0 Å². The topological polar surface area (TPSA) is 46.6 Å². The third-order valence-electron chi connectivity index (χ3n) is 3.78. The maximum atomic E-state index is 12.6. The average molecular weight is 303 g/mol. The summed E-state index contributed by atoms with van der Waals surface area (Å²) in [4.78, 5) is 25.8. The molecule has 0 spiro atoms.